The standard InChI is InChI=1S/C7H9IO/c1-5-6(8)3-2-4-7(5)9/h2-4H2,1H3. The van der Waals surface area contributed by atoms with E-state index in [2.05, 4.69) is 22.6 Å². The molecule has 1 rings (SSSR count). The van der Waals surface area contributed by atoms with Crippen LogP contribution in [-0.2, 0) is 4.79 Å². The van der Waals surface area contributed by atoms with Crippen LogP contribution in [-0.4, -0.2) is 5.78 Å². The molecule has 0 amide bonds. The van der Waals surface area contributed by atoms with Gasteiger partial charge in [0.25, 0.3) is 0 Å². The van der Waals surface area contributed by atoms with Crippen molar-refractivity contribution in [1.82, 2.24) is 0 Å². The molecule has 0 unspecified atom stereocenters. The summed E-state index contributed by atoms with van der Waals surface area (Å²) in [5.41, 5.74) is 0.988. The first kappa shape index (κ1) is 7.25. The van der Waals surface area contributed by atoms with Crippen molar-refractivity contribution >= 4 is 28.4 Å². The number of allylic oxidation sites excluding steroid dienone is 2. The third-order valence-electron chi connectivity index (χ3n) is 1.63. The Labute approximate surface area is 68.7 Å². The Bertz CT molecular complexity index is 170. The lowest BCUT2D eigenvalue weighted by atomic mass is 10.00. The van der Waals surface area contributed by atoms with E-state index >= 15 is 0 Å². The second-order valence-electron chi connectivity index (χ2n) is 2.31. The van der Waals surface area contributed by atoms with Crippen LogP contribution in [0.5, 0.6) is 0 Å². The molecule has 0 aliphatic heterocycles. The van der Waals surface area contributed by atoms with E-state index in [-0.39, 0.29) is 0 Å². The van der Waals surface area contributed by atoms with Crippen molar-refractivity contribution in [3.05, 3.63) is 9.15 Å². The molecule has 0 bridgehead atoms. The van der Waals surface area contributed by atoms with E-state index in [9.17, 15) is 4.79 Å². The Morgan fingerprint density at radius 1 is 1.44 bits per heavy atom. The van der Waals surface area contributed by atoms with E-state index in [1.54, 1.807) is 0 Å². The molecular weight excluding hydrogens is 227 g/mol. The number of carbonyl (C=O) groups excluding carboxylic acids is 1. The molecule has 50 valence electrons. The van der Waals surface area contributed by atoms with Gasteiger partial charge in [0.2, 0.25) is 0 Å². The molecule has 0 atom stereocenters. The fourth-order valence-electron chi connectivity index (χ4n) is 0.930. The molecule has 0 aromatic carbocycles. The van der Waals surface area contributed by atoms with Crippen LogP contribution in [0.25, 0.3) is 0 Å². The maximum atomic E-state index is 10.9. The van der Waals surface area contributed by atoms with Crippen molar-refractivity contribution in [2.45, 2.75) is 26.2 Å². The van der Waals surface area contributed by atoms with Crippen molar-refractivity contribution < 1.29 is 4.79 Å². The molecule has 9 heavy (non-hydrogen) atoms. The lowest BCUT2D eigenvalue weighted by Crippen LogP contribution is -2.05. The van der Waals surface area contributed by atoms with Crippen molar-refractivity contribution in [3.8, 4) is 0 Å². The Kier molecular flexibility index (Phi) is 2.27. The van der Waals surface area contributed by atoms with E-state index in [1.165, 1.54) is 3.58 Å². The van der Waals surface area contributed by atoms with Gasteiger partial charge >= 0.3 is 0 Å². The molecule has 0 spiro atoms. The van der Waals surface area contributed by atoms with Crippen molar-refractivity contribution in [2.75, 3.05) is 0 Å². The van der Waals surface area contributed by atoms with E-state index in [0.717, 1.165) is 24.8 Å². The lowest BCUT2D eigenvalue weighted by Gasteiger charge is -2.10. The molecule has 0 heterocycles. The minimum atomic E-state index is 0.339. The van der Waals surface area contributed by atoms with Gasteiger partial charge < -0.3 is 0 Å². The fraction of sp³-hybridized carbons (Fsp3) is 0.571. The average Bonchev–Trinajstić information content (AvgIpc) is 1.83. The zero-order valence-corrected chi connectivity index (χ0v) is 7.57. The molecule has 0 fully saturated rings. The van der Waals surface area contributed by atoms with E-state index in [4.69, 9.17) is 0 Å². The Balaban J connectivity index is 2.84. The fourth-order valence-corrected chi connectivity index (χ4v) is 1.61. The Morgan fingerprint density at radius 3 is 2.56 bits per heavy atom. The van der Waals surface area contributed by atoms with Gasteiger partial charge in [-0.1, -0.05) is 0 Å². The summed E-state index contributed by atoms with van der Waals surface area (Å²) in [6, 6.07) is 0. The summed E-state index contributed by atoms with van der Waals surface area (Å²) in [5, 5.41) is 0. The molecule has 0 saturated carbocycles. The zero-order chi connectivity index (χ0) is 6.85. The summed E-state index contributed by atoms with van der Waals surface area (Å²) in [5.74, 6) is 0.339. The SMILES string of the molecule is CC1=C(I)CCCC1=O. The van der Waals surface area contributed by atoms with Gasteiger partial charge in [0.05, 0.1) is 0 Å². The molecule has 1 aliphatic carbocycles. The highest BCUT2D eigenvalue weighted by atomic mass is 127. The van der Waals surface area contributed by atoms with Crippen LogP contribution >= 0.6 is 22.6 Å². The molecule has 0 radical (unpaired) electrons. The predicted molar refractivity (Wildman–Crippen MR) is 45.6 cm³/mol. The number of Topliss-reactive ketones (excluding diaryl/α,β-unsaturated/α-hetero) is 1. The highest BCUT2D eigenvalue weighted by molar-refractivity contribution is 14.1. The third kappa shape index (κ3) is 1.53. The smallest absolute Gasteiger partial charge is 0.159 e. The second kappa shape index (κ2) is 2.82. The van der Waals surface area contributed by atoms with Gasteiger partial charge in [-0.2, -0.15) is 0 Å². The van der Waals surface area contributed by atoms with Crippen LogP contribution < -0.4 is 0 Å². The van der Waals surface area contributed by atoms with Crippen LogP contribution in [0.2, 0.25) is 0 Å². The summed E-state index contributed by atoms with van der Waals surface area (Å²) < 4.78 is 1.25. The van der Waals surface area contributed by atoms with Gasteiger partial charge in [-0.25, -0.2) is 0 Å². The third-order valence-corrected chi connectivity index (χ3v) is 2.97. The number of carbonyl (C=O) groups is 1. The maximum absolute atomic E-state index is 10.9. The largest absolute Gasteiger partial charge is 0.295 e. The summed E-state index contributed by atoms with van der Waals surface area (Å²) in [4.78, 5) is 10.9. The van der Waals surface area contributed by atoms with Crippen molar-refractivity contribution in [3.63, 3.8) is 0 Å². The minimum absolute atomic E-state index is 0.339. The quantitative estimate of drug-likeness (QED) is 0.590. The normalized spacial score (nSPS) is 20.9. The first-order valence-corrected chi connectivity index (χ1v) is 4.18. The lowest BCUT2D eigenvalue weighted by molar-refractivity contribution is -0.115. The topological polar surface area (TPSA) is 17.1 Å². The van der Waals surface area contributed by atoms with Crippen LogP contribution in [0.15, 0.2) is 9.15 Å². The Hall–Kier alpha value is 0.140. The van der Waals surface area contributed by atoms with Crippen molar-refractivity contribution in [2.24, 2.45) is 0 Å². The van der Waals surface area contributed by atoms with Crippen LogP contribution in [0.3, 0.4) is 0 Å². The predicted octanol–water partition coefficient (Wildman–Crippen LogP) is 2.45. The van der Waals surface area contributed by atoms with Gasteiger partial charge in [-0.3, -0.25) is 4.79 Å². The van der Waals surface area contributed by atoms with Gasteiger partial charge in [0.1, 0.15) is 0 Å². The molecule has 2 heteroatoms. The van der Waals surface area contributed by atoms with Gasteiger partial charge in [-0.05, 0) is 45.9 Å². The van der Waals surface area contributed by atoms with Crippen molar-refractivity contribution in [1.29, 1.82) is 0 Å². The summed E-state index contributed by atoms with van der Waals surface area (Å²) >= 11 is 2.26. The number of rotatable bonds is 0. The van der Waals surface area contributed by atoms with E-state index in [1.807, 2.05) is 6.92 Å². The molecule has 0 saturated heterocycles. The number of ketones is 1. The van der Waals surface area contributed by atoms with Gasteiger partial charge in [0.15, 0.2) is 5.78 Å². The molecule has 0 aromatic rings. The first-order chi connectivity index (χ1) is 4.22. The maximum Gasteiger partial charge on any atom is 0.159 e. The molecule has 1 aliphatic rings. The summed E-state index contributed by atoms with van der Waals surface area (Å²) in [6.45, 7) is 1.92. The van der Waals surface area contributed by atoms with Crippen LogP contribution in [0, 0.1) is 0 Å². The van der Waals surface area contributed by atoms with Gasteiger partial charge in [0, 0.05) is 12.0 Å². The molecule has 0 N–H and O–H groups in total. The number of halogens is 1. The first-order valence-electron chi connectivity index (χ1n) is 3.10. The number of hydrogen-bond acceptors (Lipinski definition) is 1. The highest BCUT2D eigenvalue weighted by Crippen LogP contribution is 2.26. The monoisotopic (exact) mass is 236 g/mol. The summed E-state index contributed by atoms with van der Waals surface area (Å²) in [6.07, 6.45) is 2.92. The zero-order valence-electron chi connectivity index (χ0n) is 5.41. The average molecular weight is 236 g/mol. The molecular formula is C7H9IO. The second-order valence-corrected chi connectivity index (χ2v) is 3.61. The number of hydrogen-bond donors (Lipinski definition) is 0. The van der Waals surface area contributed by atoms with E-state index < -0.39 is 0 Å². The van der Waals surface area contributed by atoms with Crippen LogP contribution in [0.4, 0.5) is 0 Å². The molecule has 0 aromatic heterocycles. The van der Waals surface area contributed by atoms with E-state index in [0.29, 0.717) is 5.78 Å². The van der Waals surface area contributed by atoms with Gasteiger partial charge in [-0.15, -0.1) is 0 Å². The minimum Gasteiger partial charge on any atom is -0.295 e. The Morgan fingerprint density at radius 2 is 2.11 bits per heavy atom. The summed E-state index contributed by atoms with van der Waals surface area (Å²) in [7, 11) is 0. The van der Waals surface area contributed by atoms with Crippen LogP contribution in [0.1, 0.15) is 26.2 Å². The highest BCUT2D eigenvalue weighted by Gasteiger charge is 2.13. The molecule has 1 nitrogen and oxygen atoms in total.